The lowest BCUT2D eigenvalue weighted by atomic mass is 9.81. The third kappa shape index (κ3) is 2.19. The molecule has 1 aromatic carbocycles. The van der Waals surface area contributed by atoms with Gasteiger partial charge < -0.3 is 0 Å². The summed E-state index contributed by atoms with van der Waals surface area (Å²) < 4.78 is 38.9. The highest BCUT2D eigenvalue weighted by molar-refractivity contribution is 6.23. The Balaban J connectivity index is 1.74. The predicted molar refractivity (Wildman–Crippen MR) is 85.5 cm³/mol. The first-order chi connectivity index (χ1) is 11.7. The van der Waals surface area contributed by atoms with Gasteiger partial charge in [0.05, 0.1) is 23.1 Å². The van der Waals surface area contributed by atoms with Gasteiger partial charge in [0, 0.05) is 0 Å². The Labute approximate surface area is 143 Å². The molecule has 25 heavy (non-hydrogen) atoms. The SMILES string of the molecule is CC(C)=C1[C@H]2CC[C@H]1[C@H]1C(=O)N(c3cccc(C(F)(F)F)c3)C(=O)[C@@H]12. The molecule has 3 fully saturated rings. The van der Waals surface area contributed by atoms with Crippen molar-refractivity contribution in [3.8, 4) is 0 Å². The fourth-order valence-corrected chi connectivity index (χ4v) is 5.07. The first-order valence-electron chi connectivity index (χ1n) is 8.44. The lowest BCUT2D eigenvalue weighted by Crippen LogP contribution is -2.33. The minimum absolute atomic E-state index is 0.0253. The number of benzene rings is 1. The van der Waals surface area contributed by atoms with Crippen LogP contribution in [0, 0.1) is 23.7 Å². The fraction of sp³-hybridized carbons (Fsp3) is 0.474. The van der Waals surface area contributed by atoms with Crippen molar-refractivity contribution in [3.63, 3.8) is 0 Å². The second-order valence-corrected chi connectivity index (χ2v) is 7.36. The van der Waals surface area contributed by atoms with Crippen molar-refractivity contribution in [2.45, 2.75) is 32.9 Å². The summed E-state index contributed by atoms with van der Waals surface area (Å²) in [7, 11) is 0. The molecule has 6 heteroatoms. The maximum absolute atomic E-state index is 13.0. The van der Waals surface area contributed by atoms with Gasteiger partial charge in [0.2, 0.25) is 11.8 Å². The van der Waals surface area contributed by atoms with Crippen LogP contribution < -0.4 is 4.90 Å². The molecule has 0 aromatic heterocycles. The number of hydrogen-bond donors (Lipinski definition) is 0. The smallest absolute Gasteiger partial charge is 0.274 e. The molecule has 4 rings (SSSR count). The van der Waals surface area contributed by atoms with Gasteiger partial charge in [0.15, 0.2) is 0 Å². The average molecular weight is 349 g/mol. The van der Waals surface area contributed by atoms with Crippen molar-refractivity contribution in [1.29, 1.82) is 0 Å². The van der Waals surface area contributed by atoms with Crippen molar-refractivity contribution < 1.29 is 22.8 Å². The molecule has 2 bridgehead atoms. The van der Waals surface area contributed by atoms with Crippen LogP contribution in [0.2, 0.25) is 0 Å². The molecule has 3 aliphatic rings. The molecule has 132 valence electrons. The van der Waals surface area contributed by atoms with Gasteiger partial charge in [-0.25, -0.2) is 0 Å². The van der Waals surface area contributed by atoms with Crippen molar-refractivity contribution in [1.82, 2.24) is 0 Å². The van der Waals surface area contributed by atoms with E-state index in [9.17, 15) is 22.8 Å². The monoisotopic (exact) mass is 349 g/mol. The number of halogens is 3. The number of carbonyl (C=O) groups excluding carboxylic acids is 2. The van der Waals surface area contributed by atoms with E-state index in [0.717, 1.165) is 35.4 Å². The zero-order valence-corrected chi connectivity index (χ0v) is 13.9. The molecule has 2 aliphatic carbocycles. The maximum atomic E-state index is 13.0. The summed E-state index contributed by atoms with van der Waals surface area (Å²) >= 11 is 0. The largest absolute Gasteiger partial charge is 0.416 e. The summed E-state index contributed by atoms with van der Waals surface area (Å²) in [5.74, 6) is -1.39. The van der Waals surface area contributed by atoms with Gasteiger partial charge >= 0.3 is 6.18 Å². The van der Waals surface area contributed by atoms with Crippen LogP contribution in [0.4, 0.5) is 18.9 Å². The highest BCUT2D eigenvalue weighted by Crippen LogP contribution is 2.60. The minimum Gasteiger partial charge on any atom is -0.274 e. The second kappa shape index (κ2) is 5.19. The normalized spacial score (nSPS) is 31.1. The zero-order chi connectivity index (χ0) is 18.1. The Bertz CT molecular complexity index is 775. The summed E-state index contributed by atoms with van der Waals surface area (Å²) in [4.78, 5) is 26.8. The van der Waals surface area contributed by atoms with E-state index < -0.39 is 23.6 Å². The van der Waals surface area contributed by atoms with Crippen LogP contribution in [0.1, 0.15) is 32.3 Å². The van der Waals surface area contributed by atoms with Crippen LogP contribution in [0.5, 0.6) is 0 Å². The van der Waals surface area contributed by atoms with Gasteiger partial charge in [-0.05, 0) is 56.7 Å². The molecule has 0 unspecified atom stereocenters. The number of amides is 2. The van der Waals surface area contributed by atoms with E-state index in [2.05, 4.69) is 0 Å². The highest BCUT2D eigenvalue weighted by atomic mass is 19.4. The topological polar surface area (TPSA) is 37.4 Å². The Kier molecular flexibility index (Phi) is 3.40. The van der Waals surface area contributed by atoms with Gasteiger partial charge in [0.25, 0.3) is 0 Å². The highest BCUT2D eigenvalue weighted by Gasteiger charge is 2.63. The summed E-state index contributed by atoms with van der Waals surface area (Å²) in [6.07, 6.45) is -2.75. The van der Waals surface area contributed by atoms with Gasteiger partial charge in [-0.15, -0.1) is 0 Å². The van der Waals surface area contributed by atoms with E-state index in [-0.39, 0.29) is 29.3 Å². The molecule has 1 aromatic rings. The summed E-state index contributed by atoms with van der Waals surface area (Å²) in [5.41, 5.74) is 1.56. The summed E-state index contributed by atoms with van der Waals surface area (Å²) in [5, 5.41) is 0. The molecule has 1 aliphatic heterocycles. The van der Waals surface area contributed by atoms with Crippen LogP contribution in [0.25, 0.3) is 0 Å². The Hall–Kier alpha value is -2.11. The maximum Gasteiger partial charge on any atom is 0.416 e. The van der Waals surface area contributed by atoms with Crippen molar-refractivity contribution in [2.75, 3.05) is 4.90 Å². The van der Waals surface area contributed by atoms with E-state index >= 15 is 0 Å². The number of allylic oxidation sites excluding steroid dienone is 2. The van der Waals surface area contributed by atoms with Gasteiger partial charge in [-0.2, -0.15) is 13.2 Å². The quantitative estimate of drug-likeness (QED) is 0.563. The van der Waals surface area contributed by atoms with Crippen LogP contribution in [0.15, 0.2) is 35.4 Å². The number of hydrogen-bond acceptors (Lipinski definition) is 2. The number of alkyl halides is 3. The molecular formula is C19H18F3NO2. The van der Waals surface area contributed by atoms with Gasteiger partial charge in [-0.3, -0.25) is 14.5 Å². The molecule has 1 heterocycles. The molecule has 0 N–H and O–H groups in total. The Morgan fingerprint density at radius 2 is 1.60 bits per heavy atom. The Morgan fingerprint density at radius 1 is 1.04 bits per heavy atom. The summed E-state index contributed by atoms with van der Waals surface area (Å²) in [6.45, 7) is 4.00. The van der Waals surface area contributed by atoms with E-state index in [1.807, 2.05) is 13.8 Å². The van der Waals surface area contributed by atoms with Crippen LogP contribution in [0.3, 0.4) is 0 Å². The molecule has 2 amide bonds. The molecule has 3 nitrogen and oxygen atoms in total. The number of carbonyl (C=O) groups is 2. The van der Waals surface area contributed by atoms with Crippen molar-refractivity contribution >= 4 is 17.5 Å². The number of rotatable bonds is 1. The molecule has 1 saturated heterocycles. The van der Waals surface area contributed by atoms with Crippen LogP contribution >= 0.6 is 0 Å². The lowest BCUT2D eigenvalue weighted by molar-refractivity contribution is -0.137. The first kappa shape index (κ1) is 16.4. The van der Waals surface area contributed by atoms with Crippen LogP contribution in [-0.4, -0.2) is 11.8 Å². The minimum atomic E-state index is -4.51. The standard InChI is InChI=1S/C19H18F3NO2/c1-9(2)14-12-6-7-13(14)16-15(12)17(24)23(18(16)25)11-5-3-4-10(8-11)19(20,21)22/h3-5,8,12-13,15-16H,6-7H2,1-2H3/t12-,13-,15-,16-/m1/s1. The van der Waals surface area contributed by atoms with E-state index in [1.165, 1.54) is 17.7 Å². The van der Waals surface area contributed by atoms with E-state index in [0.29, 0.717) is 0 Å². The number of nitrogens with zero attached hydrogens (tertiary/aromatic N) is 1. The Morgan fingerprint density at radius 3 is 2.08 bits per heavy atom. The van der Waals surface area contributed by atoms with Gasteiger partial charge in [-0.1, -0.05) is 17.2 Å². The third-order valence-electron chi connectivity index (χ3n) is 5.86. The number of imide groups is 1. The average Bonchev–Trinajstić information content (AvgIpc) is 3.17. The van der Waals surface area contributed by atoms with Gasteiger partial charge in [0.1, 0.15) is 0 Å². The van der Waals surface area contributed by atoms with Crippen LogP contribution in [-0.2, 0) is 15.8 Å². The molecular weight excluding hydrogens is 331 g/mol. The predicted octanol–water partition coefficient (Wildman–Crippen LogP) is 4.19. The molecule has 4 atom stereocenters. The van der Waals surface area contributed by atoms with Crippen molar-refractivity contribution in [2.24, 2.45) is 23.7 Å². The zero-order valence-electron chi connectivity index (χ0n) is 13.9. The number of fused-ring (bicyclic) bond motifs is 5. The van der Waals surface area contributed by atoms with E-state index in [1.54, 1.807) is 0 Å². The third-order valence-corrected chi connectivity index (χ3v) is 5.86. The first-order valence-corrected chi connectivity index (χ1v) is 8.44. The fourth-order valence-electron chi connectivity index (χ4n) is 5.07. The second-order valence-electron chi connectivity index (χ2n) is 7.36. The van der Waals surface area contributed by atoms with Crippen molar-refractivity contribution in [3.05, 3.63) is 41.0 Å². The molecule has 2 saturated carbocycles. The summed E-state index contributed by atoms with van der Waals surface area (Å²) in [6, 6.07) is 4.47. The number of anilines is 1. The lowest BCUT2D eigenvalue weighted by Gasteiger charge is -2.20. The van der Waals surface area contributed by atoms with E-state index in [4.69, 9.17) is 0 Å². The molecule has 0 radical (unpaired) electrons. The molecule has 0 spiro atoms.